The zero-order valence-electron chi connectivity index (χ0n) is 15.5. The summed E-state index contributed by atoms with van der Waals surface area (Å²) in [6.07, 6.45) is 3.86. The first-order valence-electron chi connectivity index (χ1n) is 9.51. The van der Waals surface area contributed by atoms with Crippen molar-refractivity contribution in [2.45, 2.75) is 51.4 Å². The number of piperidine rings is 1. The Labute approximate surface area is 153 Å². The average Bonchev–Trinajstić information content (AvgIpc) is 3.03. The molecule has 140 valence electrons. The van der Waals surface area contributed by atoms with Crippen LogP contribution >= 0.6 is 0 Å². The van der Waals surface area contributed by atoms with Gasteiger partial charge in [0.15, 0.2) is 0 Å². The van der Waals surface area contributed by atoms with E-state index in [4.69, 9.17) is 9.72 Å². The minimum atomic E-state index is -0.286. The van der Waals surface area contributed by atoms with E-state index in [-0.39, 0.29) is 23.1 Å². The van der Waals surface area contributed by atoms with E-state index in [1.807, 2.05) is 11.8 Å². The van der Waals surface area contributed by atoms with Crippen molar-refractivity contribution in [1.29, 1.82) is 0 Å². The van der Waals surface area contributed by atoms with Crippen LogP contribution in [0.2, 0.25) is 0 Å². The van der Waals surface area contributed by atoms with Crippen molar-refractivity contribution in [3.8, 4) is 0 Å². The van der Waals surface area contributed by atoms with E-state index in [0.29, 0.717) is 32.0 Å². The van der Waals surface area contributed by atoms with Gasteiger partial charge in [0.1, 0.15) is 11.6 Å². The number of anilines is 1. The fourth-order valence-corrected chi connectivity index (χ4v) is 4.33. The van der Waals surface area contributed by atoms with Gasteiger partial charge < -0.3 is 15.0 Å². The van der Waals surface area contributed by atoms with Gasteiger partial charge in [-0.25, -0.2) is 9.97 Å². The Morgan fingerprint density at radius 1 is 1.31 bits per heavy atom. The van der Waals surface area contributed by atoms with Crippen molar-refractivity contribution in [3.05, 3.63) is 17.1 Å². The van der Waals surface area contributed by atoms with Crippen LogP contribution in [0.5, 0.6) is 0 Å². The first kappa shape index (κ1) is 17.4. The number of aromatic nitrogens is 2. The highest BCUT2D eigenvalue weighted by Gasteiger charge is 2.40. The number of fused-ring (bicyclic) bond motifs is 1. The van der Waals surface area contributed by atoms with Crippen molar-refractivity contribution in [2.75, 3.05) is 31.6 Å². The van der Waals surface area contributed by atoms with E-state index in [2.05, 4.69) is 17.2 Å². The summed E-state index contributed by atoms with van der Waals surface area (Å²) in [4.78, 5) is 36.0. The smallest absolute Gasteiger partial charge is 0.230 e. The quantitative estimate of drug-likeness (QED) is 0.868. The van der Waals surface area contributed by atoms with Gasteiger partial charge in [-0.05, 0) is 32.6 Å². The third-order valence-electron chi connectivity index (χ3n) is 5.93. The fraction of sp³-hybridized carbons (Fsp3) is 0.684. The number of likely N-dealkylation sites (tertiary alicyclic amines) is 1. The summed E-state index contributed by atoms with van der Waals surface area (Å²) in [6.45, 7) is 6.85. The number of hydrogen-bond donors (Lipinski definition) is 1. The molecule has 0 spiro atoms. The maximum Gasteiger partial charge on any atom is 0.230 e. The third-order valence-corrected chi connectivity index (χ3v) is 5.93. The Morgan fingerprint density at radius 3 is 2.85 bits per heavy atom. The van der Waals surface area contributed by atoms with Crippen molar-refractivity contribution in [2.24, 2.45) is 5.92 Å². The van der Waals surface area contributed by atoms with Crippen LogP contribution in [-0.2, 0) is 26.2 Å². The van der Waals surface area contributed by atoms with Crippen LogP contribution in [0.15, 0.2) is 0 Å². The van der Waals surface area contributed by atoms with Gasteiger partial charge in [0.25, 0.3) is 0 Å². The highest BCUT2D eigenvalue weighted by atomic mass is 16.5. The van der Waals surface area contributed by atoms with Crippen molar-refractivity contribution in [1.82, 2.24) is 14.9 Å². The third kappa shape index (κ3) is 3.09. The van der Waals surface area contributed by atoms with Gasteiger partial charge in [-0.2, -0.15) is 0 Å². The Bertz CT molecular complexity index is 745. The number of ether oxygens (including phenoxy) is 1. The van der Waals surface area contributed by atoms with Gasteiger partial charge in [0.2, 0.25) is 11.8 Å². The standard InChI is InChI=1S/C19H26N4O3/c1-12-14-10-15(24)21-16(14)22-18(20-12)19(2)6-3-7-23(11-19)17(25)13-4-8-26-9-5-13/h13H,3-11H2,1-2H3,(H,20,21,22,24). The van der Waals surface area contributed by atoms with Crippen molar-refractivity contribution < 1.29 is 14.3 Å². The number of carbonyl (C=O) groups is 2. The van der Waals surface area contributed by atoms with Gasteiger partial charge in [0.05, 0.1) is 6.42 Å². The van der Waals surface area contributed by atoms with Gasteiger partial charge in [0, 0.05) is 48.9 Å². The molecule has 26 heavy (non-hydrogen) atoms. The molecule has 7 nitrogen and oxygen atoms in total. The zero-order chi connectivity index (χ0) is 18.3. The largest absolute Gasteiger partial charge is 0.381 e. The van der Waals surface area contributed by atoms with E-state index < -0.39 is 0 Å². The monoisotopic (exact) mass is 358 g/mol. The summed E-state index contributed by atoms with van der Waals surface area (Å²) in [5.74, 6) is 1.67. The molecule has 3 aliphatic heterocycles. The molecule has 2 amide bonds. The summed E-state index contributed by atoms with van der Waals surface area (Å²) in [5, 5.41) is 2.84. The molecule has 0 aromatic carbocycles. The second-order valence-corrected chi connectivity index (χ2v) is 8.00. The number of nitrogens with one attached hydrogen (secondary N) is 1. The van der Waals surface area contributed by atoms with Crippen LogP contribution in [0.25, 0.3) is 0 Å². The Morgan fingerprint density at radius 2 is 2.08 bits per heavy atom. The fourth-order valence-electron chi connectivity index (χ4n) is 4.33. The van der Waals surface area contributed by atoms with Crippen LogP contribution in [0.3, 0.4) is 0 Å². The molecule has 0 radical (unpaired) electrons. The Hall–Kier alpha value is -2.02. The van der Waals surface area contributed by atoms with Crippen LogP contribution in [0, 0.1) is 12.8 Å². The topological polar surface area (TPSA) is 84.4 Å². The molecule has 1 aromatic rings. The van der Waals surface area contributed by atoms with E-state index in [1.54, 1.807) is 0 Å². The minimum absolute atomic E-state index is 0.0281. The van der Waals surface area contributed by atoms with E-state index in [1.165, 1.54) is 0 Å². The molecule has 0 bridgehead atoms. The normalized spacial score (nSPS) is 26.5. The lowest BCUT2D eigenvalue weighted by Gasteiger charge is -2.41. The van der Waals surface area contributed by atoms with E-state index >= 15 is 0 Å². The molecule has 1 atom stereocenters. The van der Waals surface area contributed by atoms with Crippen LogP contribution < -0.4 is 5.32 Å². The van der Waals surface area contributed by atoms with Crippen LogP contribution in [-0.4, -0.2) is 53.0 Å². The van der Waals surface area contributed by atoms with Gasteiger partial charge in [-0.15, -0.1) is 0 Å². The van der Waals surface area contributed by atoms with E-state index in [0.717, 1.165) is 49.3 Å². The summed E-state index contributed by atoms with van der Waals surface area (Å²) in [7, 11) is 0. The highest BCUT2D eigenvalue weighted by Crippen LogP contribution is 2.35. The SMILES string of the molecule is Cc1nc(C2(C)CCCN(C(=O)C3CCOCC3)C2)nc2c1CC(=O)N2. The maximum atomic E-state index is 12.9. The second-order valence-electron chi connectivity index (χ2n) is 8.00. The lowest BCUT2D eigenvalue weighted by Crippen LogP contribution is -2.50. The molecule has 4 heterocycles. The molecule has 1 unspecified atom stereocenters. The highest BCUT2D eigenvalue weighted by molar-refractivity contribution is 5.98. The average molecular weight is 358 g/mol. The molecule has 7 heteroatoms. The molecule has 1 N–H and O–H groups in total. The zero-order valence-corrected chi connectivity index (χ0v) is 15.5. The number of hydrogen-bond acceptors (Lipinski definition) is 5. The second kappa shape index (κ2) is 6.61. The Balaban J connectivity index is 1.56. The lowest BCUT2D eigenvalue weighted by atomic mass is 9.80. The summed E-state index contributed by atoms with van der Waals surface area (Å²) >= 11 is 0. The number of rotatable bonds is 2. The number of amides is 2. The first-order valence-corrected chi connectivity index (χ1v) is 9.51. The number of aryl methyl sites for hydroxylation is 1. The van der Waals surface area contributed by atoms with E-state index in [9.17, 15) is 9.59 Å². The summed E-state index contributed by atoms with van der Waals surface area (Å²) < 4.78 is 5.39. The van der Waals surface area contributed by atoms with Gasteiger partial charge >= 0.3 is 0 Å². The number of nitrogens with zero attached hydrogens (tertiary/aromatic N) is 3. The molecule has 0 aliphatic carbocycles. The predicted molar refractivity (Wildman–Crippen MR) is 95.8 cm³/mol. The maximum absolute atomic E-state index is 12.9. The van der Waals surface area contributed by atoms with Crippen LogP contribution in [0.1, 0.15) is 49.7 Å². The predicted octanol–water partition coefficient (Wildman–Crippen LogP) is 1.59. The van der Waals surface area contributed by atoms with Crippen molar-refractivity contribution in [3.63, 3.8) is 0 Å². The summed E-state index contributed by atoms with van der Waals surface area (Å²) in [5.41, 5.74) is 1.47. The van der Waals surface area contributed by atoms with Gasteiger partial charge in [-0.3, -0.25) is 9.59 Å². The molecule has 2 saturated heterocycles. The van der Waals surface area contributed by atoms with Gasteiger partial charge in [-0.1, -0.05) is 6.92 Å². The molecule has 3 aliphatic rings. The molecular formula is C19H26N4O3. The van der Waals surface area contributed by atoms with Crippen LogP contribution in [0.4, 0.5) is 5.82 Å². The van der Waals surface area contributed by atoms with Crippen molar-refractivity contribution >= 4 is 17.6 Å². The molecular weight excluding hydrogens is 332 g/mol. The molecule has 1 aromatic heterocycles. The molecule has 0 saturated carbocycles. The minimum Gasteiger partial charge on any atom is -0.381 e. The number of carbonyl (C=O) groups excluding carboxylic acids is 2. The Kier molecular flexibility index (Phi) is 4.42. The first-order chi connectivity index (χ1) is 12.5. The molecule has 2 fully saturated rings. The molecule has 4 rings (SSSR count). The lowest BCUT2D eigenvalue weighted by molar-refractivity contribution is -0.140. The summed E-state index contributed by atoms with van der Waals surface area (Å²) in [6, 6.07) is 0.